The fraction of sp³-hybridized carbons (Fsp3) is 0.562. The van der Waals surface area contributed by atoms with E-state index in [-0.39, 0.29) is 11.9 Å². The molecule has 2 aliphatic rings. The van der Waals surface area contributed by atoms with Crippen molar-refractivity contribution in [2.24, 2.45) is 5.92 Å². The summed E-state index contributed by atoms with van der Waals surface area (Å²) in [5.74, 6) is -0.0513. The molecule has 3 rings (SSSR count). The minimum atomic E-state index is -0.0457. The van der Waals surface area contributed by atoms with Gasteiger partial charge in [-0.05, 0) is 38.4 Å². The van der Waals surface area contributed by atoms with Crippen molar-refractivity contribution < 1.29 is 9.53 Å². The van der Waals surface area contributed by atoms with Crippen LogP contribution in [0.5, 0.6) is 0 Å². The Hall–Kier alpha value is -1.00. The molecule has 2 fully saturated rings. The van der Waals surface area contributed by atoms with Crippen molar-refractivity contribution in [3.05, 3.63) is 30.3 Å². The zero-order valence-electron chi connectivity index (χ0n) is 12.0. The number of rotatable bonds is 3. The summed E-state index contributed by atoms with van der Waals surface area (Å²) in [6.45, 7) is 0. The lowest BCUT2D eigenvalue weighted by molar-refractivity contribution is -0.148. The van der Waals surface area contributed by atoms with E-state index in [9.17, 15) is 4.79 Å². The minimum absolute atomic E-state index is 0.00560. The highest BCUT2D eigenvalue weighted by molar-refractivity contribution is 8.00. The molecule has 2 saturated heterocycles. The highest BCUT2D eigenvalue weighted by Crippen LogP contribution is 2.45. The molecule has 2 unspecified atom stereocenters. The van der Waals surface area contributed by atoms with Crippen LogP contribution in [0.25, 0.3) is 0 Å². The molecular weight excluding hydrogens is 270 g/mol. The highest BCUT2D eigenvalue weighted by Gasteiger charge is 2.49. The topological polar surface area (TPSA) is 29.5 Å². The van der Waals surface area contributed by atoms with E-state index in [0.717, 1.165) is 12.8 Å². The van der Waals surface area contributed by atoms with Gasteiger partial charge in [-0.1, -0.05) is 18.2 Å². The summed E-state index contributed by atoms with van der Waals surface area (Å²) in [5.41, 5.74) is 0. The van der Waals surface area contributed by atoms with Crippen LogP contribution in [0.15, 0.2) is 35.2 Å². The molecule has 0 aliphatic carbocycles. The highest BCUT2D eigenvalue weighted by atomic mass is 32.2. The van der Waals surface area contributed by atoms with Gasteiger partial charge in [-0.2, -0.15) is 0 Å². The van der Waals surface area contributed by atoms with Crippen molar-refractivity contribution in [2.45, 2.75) is 41.5 Å². The Morgan fingerprint density at radius 3 is 2.75 bits per heavy atom. The van der Waals surface area contributed by atoms with E-state index in [0.29, 0.717) is 17.3 Å². The molecular formula is C16H21NO2S. The third kappa shape index (κ3) is 2.47. The molecule has 0 spiro atoms. The molecule has 2 aliphatic heterocycles. The van der Waals surface area contributed by atoms with Crippen LogP contribution < -0.4 is 0 Å². The van der Waals surface area contributed by atoms with Gasteiger partial charge in [-0.3, -0.25) is 9.69 Å². The fourth-order valence-electron chi connectivity index (χ4n) is 3.66. The Morgan fingerprint density at radius 1 is 1.30 bits per heavy atom. The number of ether oxygens (including phenoxy) is 1. The Kier molecular flexibility index (Phi) is 4.03. The van der Waals surface area contributed by atoms with Gasteiger partial charge in [0.1, 0.15) is 0 Å². The van der Waals surface area contributed by atoms with Gasteiger partial charge < -0.3 is 4.74 Å². The second-order valence-corrected chi connectivity index (χ2v) is 7.03. The maximum atomic E-state index is 12.2. The van der Waals surface area contributed by atoms with Gasteiger partial charge in [0.15, 0.2) is 0 Å². The number of carbonyl (C=O) groups excluding carboxylic acids is 1. The van der Waals surface area contributed by atoms with Gasteiger partial charge in [0, 0.05) is 22.2 Å². The summed E-state index contributed by atoms with van der Waals surface area (Å²) in [6, 6.07) is 11.4. The molecule has 4 heteroatoms. The van der Waals surface area contributed by atoms with E-state index in [1.807, 2.05) is 17.8 Å². The number of methoxy groups -OCH3 is 1. The average molecular weight is 291 g/mol. The van der Waals surface area contributed by atoms with Gasteiger partial charge in [-0.25, -0.2) is 0 Å². The van der Waals surface area contributed by atoms with Crippen LogP contribution in [0, 0.1) is 5.92 Å². The van der Waals surface area contributed by atoms with Gasteiger partial charge in [0.05, 0.1) is 13.0 Å². The molecule has 0 radical (unpaired) electrons. The van der Waals surface area contributed by atoms with E-state index < -0.39 is 0 Å². The van der Waals surface area contributed by atoms with E-state index in [1.165, 1.54) is 18.4 Å². The van der Waals surface area contributed by atoms with Gasteiger partial charge in [-0.15, -0.1) is 11.8 Å². The van der Waals surface area contributed by atoms with Gasteiger partial charge in [0.25, 0.3) is 0 Å². The monoisotopic (exact) mass is 291 g/mol. The lowest BCUT2D eigenvalue weighted by atomic mass is 9.90. The molecule has 1 aromatic rings. The van der Waals surface area contributed by atoms with Crippen LogP contribution in [-0.4, -0.2) is 42.4 Å². The normalized spacial score (nSPS) is 33.1. The van der Waals surface area contributed by atoms with Crippen LogP contribution in [-0.2, 0) is 9.53 Å². The number of carbonyl (C=O) groups is 1. The van der Waals surface area contributed by atoms with Crippen LogP contribution in [0.3, 0.4) is 0 Å². The maximum absolute atomic E-state index is 12.2. The van der Waals surface area contributed by atoms with Crippen molar-refractivity contribution in [1.82, 2.24) is 4.90 Å². The first-order valence-electron chi connectivity index (χ1n) is 7.22. The summed E-state index contributed by atoms with van der Waals surface area (Å²) >= 11 is 1.84. The number of nitrogens with zero attached hydrogens (tertiary/aromatic N) is 1. The number of hydrogen-bond acceptors (Lipinski definition) is 4. The molecule has 0 saturated carbocycles. The minimum Gasteiger partial charge on any atom is -0.469 e. The number of fused-ring (bicyclic) bond motifs is 2. The maximum Gasteiger partial charge on any atom is 0.311 e. The molecule has 108 valence electrons. The molecule has 3 nitrogen and oxygen atoms in total. The SMILES string of the molecule is COC(=O)[C@H]1C2CCC(C[C@@H]1Sc1ccccc1)N2C. The first-order chi connectivity index (χ1) is 9.70. The fourth-order valence-corrected chi connectivity index (χ4v) is 5.08. The smallest absolute Gasteiger partial charge is 0.311 e. The standard InChI is InChI=1S/C16H21NO2S/c1-17-11-8-9-13(17)15(16(18)19-2)14(10-11)20-12-6-4-3-5-7-12/h3-7,11,13-15H,8-10H2,1-2H3/t11?,13?,14-,15-/m0/s1. The van der Waals surface area contributed by atoms with Crippen LogP contribution >= 0.6 is 11.8 Å². The van der Waals surface area contributed by atoms with Crippen LogP contribution in [0.4, 0.5) is 0 Å². The second-order valence-electron chi connectivity index (χ2n) is 5.72. The lowest BCUT2D eigenvalue weighted by Gasteiger charge is -2.41. The van der Waals surface area contributed by atoms with Crippen molar-refractivity contribution >= 4 is 17.7 Å². The largest absolute Gasteiger partial charge is 0.469 e. The van der Waals surface area contributed by atoms with Crippen molar-refractivity contribution in [3.8, 4) is 0 Å². The molecule has 1 aromatic carbocycles. The van der Waals surface area contributed by atoms with Crippen LogP contribution in [0.1, 0.15) is 19.3 Å². The molecule has 4 atom stereocenters. The Balaban J connectivity index is 1.82. The first-order valence-corrected chi connectivity index (χ1v) is 8.10. The zero-order chi connectivity index (χ0) is 14.1. The second kappa shape index (κ2) is 5.78. The molecule has 2 bridgehead atoms. The third-order valence-electron chi connectivity index (χ3n) is 4.72. The summed E-state index contributed by atoms with van der Waals surface area (Å²) in [6.07, 6.45) is 3.40. The average Bonchev–Trinajstić information content (AvgIpc) is 2.72. The Morgan fingerprint density at radius 2 is 2.05 bits per heavy atom. The third-order valence-corrected chi connectivity index (χ3v) is 6.05. The summed E-state index contributed by atoms with van der Waals surface area (Å²) in [4.78, 5) is 15.9. The van der Waals surface area contributed by atoms with Gasteiger partial charge in [0.2, 0.25) is 0 Å². The zero-order valence-corrected chi connectivity index (χ0v) is 12.8. The van der Waals surface area contributed by atoms with Crippen molar-refractivity contribution in [2.75, 3.05) is 14.2 Å². The first kappa shape index (κ1) is 14.0. The van der Waals surface area contributed by atoms with E-state index >= 15 is 0 Å². The summed E-state index contributed by atoms with van der Waals surface area (Å²) < 4.78 is 5.08. The van der Waals surface area contributed by atoms with Gasteiger partial charge >= 0.3 is 5.97 Å². The molecule has 20 heavy (non-hydrogen) atoms. The number of thioether (sulfide) groups is 1. The Labute approximate surface area is 124 Å². The summed E-state index contributed by atoms with van der Waals surface area (Å²) in [7, 11) is 3.66. The predicted molar refractivity (Wildman–Crippen MR) is 80.8 cm³/mol. The molecule has 2 heterocycles. The Bertz CT molecular complexity index is 479. The quantitative estimate of drug-likeness (QED) is 0.801. The number of hydrogen-bond donors (Lipinski definition) is 0. The molecule has 0 amide bonds. The van der Waals surface area contributed by atoms with E-state index in [2.05, 4.69) is 36.2 Å². The lowest BCUT2D eigenvalue weighted by Crippen LogP contribution is -2.51. The van der Waals surface area contributed by atoms with E-state index in [4.69, 9.17) is 4.74 Å². The summed E-state index contributed by atoms with van der Waals surface area (Å²) in [5, 5.41) is 0.332. The van der Waals surface area contributed by atoms with Crippen LogP contribution in [0.2, 0.25) is 0 Å². The number of benzene rings is 1. The van der Waals surface area contributed by atoms with Crippen molar-refractivity contribution in [1.29, 1.82) is 0 Å². The molecule has 0 aromatic heterocycles. The molecule has 0 N–H and O–H groups in total. The predicted octanol–water partition coefficient (Wildman–Crippen LogP) is 2.80. The number of esters is 1. The number of piperidine rings is 1. The van der Waals surface area contributed by atoms with Crippen molar-refractivity contribution in [3.63, 3.8) is 0 Å². The van der Waals surface area contributed by atoms with E-state index in [1.54, 1.807) is 0 Å².